The van der Waals surface area contributed by atoms with E-state index >= 15 is 0 Å². The Morgan fingerprint density at radius 3 is 2.71 bits per heavy atom. The molecule has 0 saturated heterocycles. The molecular weight excluding hydrogens is 354 g/mol. The van der Waals surface area contributed by atoms with Crippen molar-refractivity contribution in [1.29, 1.82) is 0 Å². The van der Waals surface area contributed by atoms with Crippen molar-refractivity contribution in [2.24, 2.45) is 4.99 Å². The van der Waals surface area contributed by atoms with Crippen LogP contribution in [0.4, 0.5) is 5.69 Å². The lowest BCUT2D eigenvalue weighted by molar-refractivity contribution is -0.117. The number of hydrogen-bond acceptors (Lipinski definition) is 4. The second kappa shape index (κ2) is 6.44. The van der Waals surface area contributed by atoms with Crippen LogP contribution in [0.3, 0.4) is 0 Å². The molecule has 0 bridgehead atoms. The molecule has 7 heteroatoms. The molecule has 1 aliphatic rings. The number of hydrogen-bond donors (Lipinski definition) is 1. The van der Waals surface area contributed by atoms with Crippen molar-refractivity contribution >= 4 is 56.4 Å². The van der Waals surface area contributed by atoms with Gasteiger partial charge in [0, 0.05) is 25.5 Å². The molecule has 1 aromatic carbocycles. The zero-order valence-corrected chi connectivity index (χ0v) is 14.2. The molecular formula is C14H14BrN3O2S. The largest absolute Gasteiger partial charge is 0.377 e. The van der Waals surface area contributed by atoms with E-state index in [2.05, 4.69) is 26.2 Å². The summed E-state index contributed by atoms with van der Waals surface area (Å²) in [5.74, 6) is -0.579. The zero-order valence-electron chi connectivity index (χ0n) is 11.8. The number of carbonyl (C=O) groups excluding carboxylic acids is 2. The molecule has 0 radical (unpaired) electrons. The third-order valence-electron chi connectivity index (χ3n) is 2.65. The molecule has 0 saturated carbocycles. The number of amidine groups is 1. The number of benzene rings is 1. The van der Waals surface area contributed by atoms with Crippen LogP contribution in [0.15, 0.2) is 32.6 Å². The topological polar surface area (TPSA) is 61.8 Å². The third-order valence-corrected chi connectivity index (χ3v) is 4.19. The van der Waals surface area contributed by atoms with E-state index < -0.39 is 0 Å². The van der Waals surface area contributed by atoms with E-state index in [4.69, 9.17) is 0 Å². The monoisotopic (exact) mass is 367 g/mol. The lowest BCUT2D eigenvalue weighted by atomic mass is 10.2. The summed E-state index contributed by atoms with van der Waals surface area (Å²) < 4.78 is 0.945. The standard InChI is InChI=1S/C14H14BrN3O2S/c1-8(19)16-14-17-13(20)12(21-14)7-9-4-5-11(18(2)3)10(15)6-9/h4-7H,1-3H3,(H,16,17,19,20)/b12-7-. The second-order valence-corrected chi connectivity index (χ2v) is 6.50. The Bertz CT molecular complexity index is 668. The van der Waals surface area contributed by atoms with Gasteiger partial charge in [-0.25, -0.2) is 0 Å². The van der Waals surface area contributed by atoms with Gasteiger partial charge in [-0.3, -0.25) is 9.59 Å². The highest BCUT2D eigenvalue weighted by Gasteiger charge is 2.22. The van der Waals surface area contributed by atoms with Gasteiger partial charge in [-0.1, -0.05) is 6.07 Å². The number of halogens is 1. The predicted molar refractivity (Wildman–Crippen MR) is 90.3 cm³/mol. The van der Waals surface area contributed by atoms with E-state index in [1.165, 1.54) is 6.92 Å². The van der Waals surface area contributed by atoms with E-state index in [0.717, 1.165) is 27.5 Å². The van der Waals surface area contributed by atoms with Crippen LogP contribution in [0.25, 0.3) is 6.08 Å². The Kier molecular flexibility index (Phi) is 4.84. The van der Waals surface area contributed by atoms with E-state index in [0.29, 0.717) is 10.1 Å². The van der Waals surface area contributed by atoms with Crippen LogP contribution in [0.1, 0.15) is 12.5 Å². The maximum atomic E-state index is 11.8. The highest BCUT2D eigenvalue weighted by Crippen LogP contribution is 2.30. The number of amides is 2. The van der Waals surface area contributed by atoms with E-state index in [1.807, 2.05) is 37.2 Å². The summed E-state index contributed by atoms with van der Waals surface area (Å²) in [7, 11) is 3.92. The average Bonchev–Trinajstić information content (AvgIpc) is 2.68. The predicted octanol–water partition coefficient (Wildman–Crippen LogP) is 2.62. The number of anilines is 1. The van der Waals surface area contributed by atoms with Crippen molar-refractivity contribution in [3.05, 3.63) is 33.1 Å². The minimum Gasteiger partial charge on any atom is -0.377 e. The fourth-order valence-electron chi connectivity index (χ4n) is 1.74. The molecule has 0 atom stereocenters. The van der Waals surface area contributed by atoms with Crippen molar-refractivity contribution in [2.75, 3.05) is 19.0 Å². The molecule has 0 spiro atoms. The highest BCUT2D eigenvalue weighted by molar-refractivity contribution is 9.10. The summed E-state index contributed by atoms with van der Waals surface area (Å²) in [6.45, 7) is 1.38. The van der Waals surface area contributed by atoms with Gasteiger partial charge in [-0.2, -0.15) is 4.99 Å². The number of thioether (sulfide) groups is 1. The van der Waals surface area contributed by atoms with E-state index in [-0.39, 0.29) is 11.8 Å². The highest BCUT2D eigenvalue weighted by atomic mass is 79.9. The summed E-state index contributed by atoms with van der Waals surface area (Å²) in [5.41, 5.74) is 1.94. The summed E-state index contributed by atoms with van der Waals surface area (Å²) in [4.78, 5) is 29.0. The molecule has 0 unspecified atom stereocenters. The van der Waals surface area contributed by atoms with E-state index in [1.54, 1.807) is 6.08 Å². The number of nitrogens with one attached hydrogen (secondary N) is 1. The minimum atomic E-state index is -0.337. The first-order valence-corrected chi connectivity index (χ1v) is 7.75. The van der Waals surface area contributed by atoms with E-state index in [9.17, 15) is 9.59 Å². The number of rotatable bonds is 2. The Morgan fingerprint density at radius 2 is 2.14 bits per heavy atom. The maximum Gasteiger partial charge on any atom is 0.286 e. The molecule has 110 valence electrons. The maximum absolute atomic E-state index is 11.8. The normalized spacial score (nSPS) is 16.1. The van der Waals surface area contributed by atoms with Crippen LogP contribution >= 0.6 is 27.7 Å². The van der Waals surface area contributed by atoms with Crippen molar-refractivity contribution in [2.45, 2.75) is 6.92 Å². The minimum absolute atomic E-state index is 0.242. The van der Waals surface area contributed by atoms with Gasteiger partial charge in [0.2, 0.25) is 5.91 Å². The average molecular weight is 368 g/mol. The van der Waals surface area contributed by atoms with Crippen LogP contribution < -0.4 is 10.2 Å². The smallest absolute Gasteiger partial charge is 0.286 e. The molecule has 2 rings (SSSR count). The molecule has 5 nitrogen and oxygen atoms in total. The first-order chi connectivity index (χ1) is 9.86. The summed E-state index contributed by atoms with van der Waals surface area (Å²) >= 11 is 4.67. The molecule has 0 fully saturated rings. The van der Waals surface area contributed by atoms with Gasteiger partial charge in [-0.15, -0.1) is 0 Å². The fourth-order valence-corrected chi connectivity index (χ4v) is 3.35. The summed E-state index contributed by atoms with van der Waals surface area (Å²) in [6, 6.07) is 5.83. The molecule has 1 aromatic rings. The van der Waals surface area contributed by atoms with Crippen LogP contribution in [-0.2, 0) is 9.59 Å². The van der Waals surface area contributed by atoms with Crippen molar-refractivity contribution in [3.8, 4) is 0 Å². The number of carbonyl (C=O) groups is 2. The van der Waals surface area contributed by atoms with Gasteiger partial charge >= 0.3 is 0 Å². The van der Waals surface area contributed by atoms with Crippen LogP contribution in [0.5, 0.6) is 0 Å². The molecule has 0 aliphatic carbocycles. The lowest BCUT2D eigenvalue weighted by Gasteiger charge is -2.14. The van der Waals surface area contributed by atoms with Crippen molar-refractivity contribution < 1.29 is 9.59 Å². The molecule has 2 amide bonds. The van der Waals surface area contributed by atoms with Crippen LogP contribution in [-0.4, -0.2) is 31.1 Å². The Labute approximate surface area is 135 Å². The third kappa shape index (κ3) is 3.95. The molecule has 1 aliphatic heterocycles. The number of aliphatic imine (C=N–C) groups is 1. The zero-order chi connectivity index (χ0) is 15.6. The van der Waals surface area contributed by atoms with Gasteiger partial charge in [0.15, 0.2) is 5.17 Å². The van der Waals surface area contributed by atoms with Gasteiger partial charge in [-0.05, 0) is 51.5 Å². The molecule has 21 heavy (non-hydrogen) atoms. The molecule has 1 heterocycles. The molecule has 0 aromatic heterocycles. The molecule has 1 N–H and O–H groups in total. The van der Waals surface area contributed by atoms with Gasteiger partial charge < -0.3 is 10.2 Å². The van der Waals surface area contributed by atoms with Crippen molar-refractivity contribution in [1.82, 2.24) is 5.32 Å². The first-order valence-electron chi connectivity index (χ1n) is 6.14. The van der Waals surface area contributed by atoms with Gasteiger partial charge in [0.25, 0.3) is 5.91 Å². The van der Waals surface area contributed by atoms with Gasteiger partial charge in [0.1, 0.15) is 0 Å². The van der Waals surface area contributed by atoms with Gasteiger partial charge in [0.05, 0.1) is 10.6 Å². The number of nitrogens with zero attached hydrogens (tertiary/aromatic N) is 2. The van der Waals surface area contributed by atoms with Crippen LogP contribution in [0, 0.1) is 0 Å². The summed E-state index contributed by atoms with van der Waals surface area (Å²) in [5, 5.41) is 2.84. The van der Waals surface area contributed by atoms with Crippen LogP contribution in [0.2, 0.25) is 0 Å². The second-order valence-electron chi connectivity index (χ2n) is 4.62. The fraction of sp³-hybridized carbons (Fsp3) is 0.214. The summed E-state index contributed by atoms with van der Waals surface area (Å²) in [6.07, 6.45) is 1.76. The lowest BCUT2D eigenvalue weighted by Crippen LogP contribution is -2.23. The first kappa shape index (κ1) is 15.8. The van der Waals surface area contributed by atoms with Crippen molar-refractivity contribution in [3.63, 3.8) is 0 Å². The quantitative estimate of drug-likeness (QED) is 0.816. The Hall–Kier alpha value is -1.60. The SMILES string of the molecule is CC(=O)NC1=NC(=O)/C(=C/c2ccc(N(C)C)c(Br)c2)S1. The Morgan fingerprint density at radius 1 is 1.43 bits per heavy atom. The Balaban J connectivity index is 2.20.